The zero-order chi connectivity index (χ0) is 11.3. The van der Waals surface area contributed by atoms with Crippen LogP contribution in [0.5, 0.6) is 0 Å². The molecule has 0 saturated carbocycles. The van der Waals surface area contributed by atoms with Crippen LogP contribution in [0.1, 0.15) is 32.5 Å². The molecule has 0 aromatic carbocycles. The normalized spacial score (nSPS) is 13.4. The van der Waals surface area contributed by atoms with Crippen LogP contribution < -0.4 is 5.73 Å². The van der Waals surface area contributed by atoms with Crippen LogP contribution >= 0.6 is 0 Å². The van der Waals surface area contributed by atoms with E-state index in [1.807, 2.05) is 19.3 Å². The summed E-state index contributed by atoms with van der Waals surface area (Å²) in [6.07, 6.45) is 3.90. The molecule has 86 valence electrons. The quantitative estimate of drug-likeness (QED) is 0.773. The largest absolute Gasteiger partial charge is 0.375 e. The Balaban J connectivity index is 2.65. The minimum absolute atomic E-state index is 0.0849. The molecule has 0 fully saturated rings. The van der Waals surface area contributed by atoms with Crippen molar-refractivity contribution < 1.29 is 4.74 Å². The predicted octanol–water partition coefficient (Wildman–Crippen LogP) is 1.37. The maximum atomic E-state index is 5.64. The van der Waals surface area contributed by atoms with Gasteiger partial charge in [0.25, 0.3) is 0 Å². The van der Waals surface area contributed by atoms with Crippen LogP contribution in [0.15, 0.2) is 12.4 Å². The van der Waals surface area contributed by atoms with Gasteiger partial charge in [-0.05, 0) is 6.92 Å². The lowest BCUT2D eigenvalue weighted by Crippen LogP contribution is -2.29. The number of hydrogen-bond acceptors (Lipinski definition) is 3. The van der Waals surface area contributed by atoms with Gasteiger partial charge in [-0.3, -0.25) is 0 Å². The van der Waals surface area contributed by atoms with Crippen LogP contribution in [-0.2, 0) is 11.3 Å². The highest BCUT2D eigenvalue weighted by molar-refractivity contribution is 4.97. The molecule has 0 saturated heterocycles. The fourth-order valence-corrected chi connectivity index (χ4v) is 1.63. The molecule has 4 heteroatoms. The zero-order valence-corrected chi connectivity index (χ0v) is 9.81. The minimum atomic E-state index is 0.0849. The molecule has 1 heterocycles. The SMILES string of the molecule is CCOC(CN)Cn1ccnc1C(C)C. The van der Waals surface area contributed by atoms with Gasteiger partial charge in [0.2, 0.25) is 0 Å². The molecule has 0 bridgehead atoms. The van der Waals surface area contributed by atoms with Crippen LogP contribution in [0.3, 0.4) is 0 Å². The molecular weight excluding hydrogens is 190 g/mol. The van der Waals surface area contributed by atoms with Gasteiger partial charge in [0, 0.05) is 31.5 Å². The van der Waals surface area contributed by atoms with E-state index in [1.165, 1.54) is 0 Å². The molecule has 0 spiro atoms. The van der Waals surface area contributed by atoms with E-state index in [9.17, 15) is 0 Å². The molecule has 15 heavy (non-hydrogen) atoms. The first-order chi connectivity index (χ1) is 7.19. The van der Waals surface area contributed by atoms with Crippen molar-refractivity contribution in [3.63, 3.8) is 0 Å². The van der Waals surface area contributed by atoms with Gasteiger partial charge in [0.1, 0.15) is 5.82 Å². The average Bonchev–Trinajstić information content (AvgIpc) is 2.65. The summed E-state index contributed by atoms with van der Waals surface area (Å²) in [6.45, 7) is 8.29. The molecule has 1 aromatic heterocycles. The third-order valence-electron chi connectivity index (χ3n) is 2.33. The molecule has 0 radical (unpaired) electrons. The molecule has 0 aliphatic carbocycles. The van der Waals surface area contributed by atoms with E-state index in [-0.39, 0.29) is 6.10 Å². The van der Waals surface area contributed by atoms with Crippen molar-refractivity contribution in [3.8, 4) is 0 Å². The van der Waals surface area contributed by atoms with Crippen molar-refractivity contribution in [2.45, 2.75) is 39.3 Å². The fourth-order valence-electron chi connectivity index (χ4n) is 1.63. The number of nitrogens with zero attached hydrogens (tertiary/aromatic N) is 2. The van der Waals surface area contributed by atoms with Crippen molar-refractivity contribution in [1.82, 2.24) is 9.55 Å². The number of imidazole rings is 1. The van der Waals surface area contributed by atoms with Crippen molar-refractivity contribution in [2.75, 3.05) is 13.2 Å². The zero-order valence-electron chi connectivity index (χ0n) is 9.81. The Kier molecular flexibility index (Phi) is 4.78. The Morgan fingerprint density at radius 3 is 2.80 bits per heavy atom. The standard InChI is InChI=1S/C11H21N3O/c1-4-15-10(7-12)8-14-6-5-13-11(14)9(2)3/h5-6,9-10H,4,7-8,12H2,1-3H3. The molecule has 0 aliphatic rings. The molecule has 1 rings (SSSR count). The third-order valence-corrected chi connectivity index (χ3v) is 2.33. The summed E-state index contributed by atoms with van der Waals surface area (Å²) in [6, 6.07) is 0. The van der Waals surface area contributed by atoms with Crippen LogP contribution in [0.25, 0.3) is 0 Å². The van der Waals surface area contributed by atoms with Gasteiger partial charge < -0.3 is 15.0 Å². The summed E-state index contributed by atoms with van der Waals surface area (Å²) in [5.74, 6) is 1.52. The molecular formula is C11H21N3O. The first-order valence-corrected chi connectivity index (χ1v) is 5.51. The molecule has 1 aromatic rings. The Hall–Kier alpha value is -0.870. The van der Waals surface area contributed by atoms with E-state index in [4.69, 9.17) is 10.5 Å². The maximum Gasteiger partial charge on any atom is 0.111 e. The van der Waals surface area contributed by atoms with E-state index in [2.05, 4.69) is 23.4 Å². The number of nitrogens with two attached hydrogens (primary N) is 1. The average molecular weight is 211 g/mol. The first-order valence-electron chi connectivity index (χ1n) is 5.51. The van der Waals surface area contributed by atoms with Crippen LogP contribution in [0.2, 0.25) is 0 Å². The summed E-state index contributed by atoms with van der Waals surface area (Å²) >= 11 is 0. The fraction of sp³-hybridized carbons (Fsp3) is 0.727. The highest BCUT2D eigenvalue weighted by Crippen LogP contribution is 2.12. The lowest BCUT2D eigenvalue weighted by atomic mass is 10.2. The summed E-state index contributed by atoms with van der Waals surface area (Å²) in [5, 5.41) is 0. The van der Waals surface area contributed by atoms with Gasteiger partial charge >= 0.3 is 0 Å². The van der Waals surface area contributed by atoms with Gasteiger partial charge in [0.05, 0.1) is 12.6 Å². The number of aromatic nitrogens is 2. The smallest absolute Gasteiger partial charge is 0.111 e. The lowest BCUT2D eigenvalue weighted by molar-refractivity contribution is 0.0560. The summed E-state index contributed by atoms with van der Waals surface area (Å²) in [5.41, 5.74) is 5.64. The van der Waals surface area contributed by atoms with E-state index < -0.39 is 0 Å². The maximum absolute atomic E-state index is 5.64. The van der Waals surface area contributed by atoms with Gasteiger partial charge in [-0.2, -0.15) is 0 Å². The van der Waals surface area contributed by atoms with E-state index in [0.717, 1.165) is 12.4 Å². The molecule has 1 unspecified atom stereocenters. The predicted molar refractivity (Wildman–Crippen MR) is 60.8 cm³/mol. The summed E-state index contributed by atoms with van der Waals surface area (Å²) in [7, 11) is 0. The molecule has 2 N–H and O–H groups in total. The van der Waals surface area contributed by atoms with Crippen LogP contribution in [-0.4, -0.2) is 28.8 Å². The second-order valence-corrected chi connectivity index (χ2v) is 3.91. The Bertz CT molecular complexity index is 283. The van der Waals surface area contributed by atoms with Crippen LogP contribution in [0, 0.1) is 0 Å². The van der Waals surface area contributed by atoms with Crippen LogP contribution in [0.4, 0.5) is 0 Å². The van der Waals surface area contributed by atoms with Gasteiger partial charge in [0.15, 0.2) is 0 Å². The summed E-state index contributed by atoms with van der Waals surface area (Å²) < 4.78 is 7.65. The highest BCUT2D eigenvalue weighted by atomic mass is 16.5. The topological polar surface area (TPSA) is 53.1 Å². The molecule has 0 aliphatic heterocycles. The second-order valence-electron chi connectivity index (χ2n) is 3.91. The molecule has 0 amide bonds. The van der Waals surface area contributed by atoms with Gasteiger partial charge in [-0.15, -0.1) is 0 Å². The highest BCUT2D eigenvalue weighted by Gasteiger charge is 2.12. The number of rotatable bonds is 6. The molecule has 4 nitrogen and oxygen atoms in total. The van der Waals surface area contributed by atoms with E-state index in [0.29, 0.717) is 19.1 Å². The number of hydrogen-bond donors (Lipinski definition) is 1. The van der Waals surface area contributed by atoms with E-state index >= 15 is 0 Å². The second kappa shape index (κ2) is 5.88. The minimum Gasteiger partial charge on any atom is -0.375 e. The molecule has 1 atom stereocenters. The summed E-state index contributed by atoms with van der Waals surface area (Å²) in [4.78, 5) is 4.33. The third kappa shape index (κ3) is 3.32. The van der Waals surface area contributed by atoms with Crippen molar-refractivity contribution in [3.05, 3.63) is 18.2 Å². The van der Waals surface area contributed by atoms with Crippen molar-refractivity contribution >= 4 is 0 Å². The van der Waals surface area contributed by atoms with Crippen molar-refractivity contribution in [1.29, 1.82) is 0 Å². The number of ether oxygens (including phenoxy) is 1. The Labute approximate surface area is 91.4 Å². The van der Waals surface area contributed by atoms with E-state index in [1.54, 1.807) is 0 Å². The van der Waals surface area contributed by atoms with Crippen molar-refractivity contribution in [2.24, 2.45) is 5.73 Å². The monoisotopic (exact) mass is 211 g/mol. The Morgan fingerprint density at radius 2 is 2.27 bits per heavy atom. The van der Waals surface area contributed by atoms with Gasteiger partial charge in [-0.25, -0.2) is 4.98 Å². The van der Waals surface area contributed by atoms with Gasteiger partial charge in [-0.1, -0.05) is 13.8 Å². The lowest BCUT2D eigenvalue weighted by Gasteiger charge is -2.18. The Morgan fingerprint density at radius 1 is 1.53 bits per heavy atom. The first kappa shape index (κ1) is 12.2.